The topological polar surface area (TPSA) is 296 Å². The van der Waals surface area contributed by atoms with Gasteiger partial charge in [0.1, 0.15) is 42.7 Å². The molecule has 3 saturated heterocycles. The Bertz CT molecular complexity index is 804. The van der Waals surface area contributed by atoms with E-state index in [0.29, 0.717) is 6.54 Å². The lowest BCUT2D eigenvalue weighted by Crippen LogP contribution is -2.70. The van der Waals surface area contributed by atoms with Gasteiger partial charge in [0.2, 0.25) is 0 Å². The Labute approximate surface area is 232 Å². The van der Waals surface area contributed by atoms with Crippen molar-refractivity contribution in [2.45, 2.75) is 117 Å². The van der Waals surface area contributed by atoms with Crippen LogP contribution >= 0.6 is 0 Å². The molecule has 0 aromatic carbocycles. The maximum absolute atomic E-state index is 11.2. The number of aliphatic hydroxyl groups is 6. The molecule has 4 fully saturated rings. The standard InChI is InChI=1S/C23H46N6O11/c1-28-13-16(33)20-10(5-9(27)21(39-20)38-19-8(26)4-7(25)14(31)17(19)34)36-22(13)40-23-18(35)15(32)12(29-3-2-24)11(6-30)37-23/h7-23,28-35H,2-6,24-27H2,1H3/t7-,8?,9?,10+,11?,12-,13?,14?,15?,16?,17-,18?,19-,20?,21+,22?,23-/m1/s1. The van der Waals surface area contributed by atoms with Crippen LogP contribution in [0.1, 0.15) is 12.8 Å². The summed E-state index contributed by atoms with van der Waals surface area (Å²) in [6.45, 7) is 0.137. The minimum atomic E-state index is -1.51. The fourth-order valence-electron chi connectivity index (χ4n) is 5.93. The van der Waals surface area contributed by atoms with Crippen LogP contribution in [0.5, 0.6) is 0 Å². The molecular weight excluding hydrogens is 536 g/mol. The lowest BCUT2D eigenvalue weighted by molar-refractivity contribution is -0.373. The summed E-state index contributed by atoms with van der Waals surface area (Å²) in [5, 5.41) is 68.9. The molecule has 17 nitrogen and oxygen atoms in total. The van der Waals surface area contributed by atoms with Crippen LogP contribution in [0.15, 0.2) is 0 Å². The predicted octanol–water partition coefficient (Wildman–Crippen LogP) is -7.36. The van der Waals surface area contributed by atoms with Crippen LogP contribution in [0.3, 0.4) is 0 Å². The summed E-state index contributed by atoms with van der Waals surface area (Å²) < 4.78 is 29.6. The Morgan fingerprint density at radius 3 is 2.12 bits per heavy atom. The smallest absolute Gasteiger partial charge is 0.189 e. The van der Waals surface area contributed by atoms with Crippen molar-refractivity contribution in [3.63, 3.8) is 0 Å². The Balaban J connectivity index is 1.42. The Morgan fingerprint density at radius 2 is 1.48 bits per heavy atom. The average molecular weight is 583 g/mol. The molecule has 234 valence electrons. The van der Waals surface area contributed by atoms with Gasteiger partial charge < -0.3 is 87.9 Å². The summed E-state index contributed by atoms with van der Waals surface area (Å²) in [5.74, 6) is 0. The molecule has 3 heterocycles. The SMILES string of the molecule is CNC1C(O[C@H]2OC(CO)[C@@H](NCCN)C(O)C2O)O[C@H]2CC(N)[C@@H](O[C@@H]3C(N)C[C@@H](N)C(O)[C@H]3O)OC2C1O. The van der Waals surface area contributed by atoms with E-state index >= 15 is 0 Å². The van der Waals surface area contributed by atoms with Gasteiger partial charge in [0.25, 0.3) is 0 Å². The van der Waals surface area contributed by atoms with Crippen molar-refractivity contribution >= 4 is 0 Å². The molecule has 0 aromatic rings. The monoisotopic (exact) mass is 582 g/mol. The summed E-state index contributed by atoms with van der Waals surface area (Å²) in [6, 6.07) is -3.82. The molecule has 17 heteroatoms. The van der Waals surface area contributed by atoms with Gasteiger partial charge in [0, 0.05) is 25.2 Å². The Morgan fingerprint density at radius 1 is 0.750 bits per heavy atom. The first kappa shape index (κ1) is 32.2. The largest absolute Gasteiger partial charge is 0.394 e. The molecule has 0 aromatic heterocycles. The molecule has 16 N–H and O–H groups in total. The number of likely N-dealkylation sites (N-methyl/N-ethyl adjacent to an activating group) is 1. The number of hydrogen-bond donors (Lipinski definition) is 12. The van der Waals surface area contributed by atoms with Crippen LogP contribution in [-0.2, 0) is 23.7 Å². The first-order valence-electron chi connectivity index (χ1n) is 13.7. The van der Waals surface area contributed by atoms with E-state index in [1.807, 2.05) is 0 Å². The summed E-state index contributed by atoms with van der Waals surface area (Å²) in [7, 11) is 1.56. The third kappa shape index (κ3) is 6.46. The molecule has 40 heavy (non-hydrogen) atoms. The van der Waals surface area contributed by atoms with Crippen LogP contribution in [0.4, 0.5) is 0 Å². The van der Waals surface area contributed by atoms with Crippen LogP contribution in [0.2, 0.25) is 0 Å². The second-order valence-corrected chi connectivity index (χ2v) is 11.0. The highest BCUT2D eigenvalue weighted by Gasteiger charge is 2.54. The van der Waals surface area contributed by atoms with Gasteiger partial charge in [0.05, 0.1) is 36.9 Å². The minimum absolute atomic E-state index is 0.157. The fraction of sp³-hybridized carbons (Fsp3) is 1.00. The number of aliphatic hydroxyl groups excluding tert-OH is 6. The Kier molecular flexibility index (Phi) is 11.1. The van der Waals surface area contributed by atoms with Crippen molar-refractivity contribution < 1.29 is 54.3 Å². The maximum Gasteiger partial charge on any atom is 0.189 e. The number of nitrogens with two attached hydrogens (primary N) is 4. The normalized spacial score (nSPS) is 51.8. The zero-order valence-electron chi connectivity index (χ0n) is 22.4. The van der Waals surface area contributed by atoms with Crippen LogP contribution in [0, 0.1) is 0 Å². The van der Waals surface area contributed by atoms with E-state index in [1.54, 1.807) is 7.05 Å². The van der Waals surface area contributed by atoms with Crippen molar-refractivity contribution in [1.82, 2.24) is 10.6 Å². The average Bonchev–Trinajstić information content (AvgIpc) is 2.92. The highest BCUT2D eigenvalue weighted by atomic mass is 16.8. The van der Waals surface area contributed by atoms with Crippen molar-refractivity contribution in [3.05, 3.63) is 0 Å². The number of rotatable bonds is 9. The highest BCUT2D eigenvalue weighted by molar-refractivity contribution is 5.02. The Hall–Kier alpha value is -0.680. The van der Waals surface area contributed by atoms with E-state index in [9.17, 15) is 30.6 Å². The molecule has 0 spiro atoms. The van der Waals surface area contributed by atoms with E-state index in [-0.39, 0.29) is 19.4 Å². The van der Waals surface area contributed by atoms with Crippen LogP contribution in [-0.4, -0.2) is 161 Å². The third-order valence-electron chi connectivity index (χ3n) is 8.21. The predicted molar refractivity (Wildman–Crippen MR) is 136 cm³/mol. The van der Waals surface area contributed by atoms with Gasteiger partial charge in [-0.3, -0.25) is 0 Å². The zero-order chi connectivity index (χ0) is 29.3. The van der Waals surface area contributed by atoms with Crippen LogP contribution in [0.25, 0.3) is 0 Å². The molecule has 4 aliphatic rings. The van der Waals surface area contributed by atoms with E-state index in [1.165, 1.54) is 0 Å². The quantitative estimate of drug-likeness (QED) is 0.120. The molecule has 4 rings (SSSR count). The van der Waals surface area contributed by atoms with E-state index < -0.39 is 111 Å². The third-order valence-corrected chi connectivity index (χ3v) is 8.21. The minimum Gasteiger partial charge on any atom is -0.394 e. The van der Waals surface area contributed by atoms with Gasteiger partial charge in [-0.25, -0.2) is 0 Å². The molecule has 0 radical (unpaired) electrons. The lowest BCUT2D eigenvalue weighted by atomic mass is 9.84. The molecule has 1 saturated carbocycles. The summed E-state index contributed by atoms with van der Waals surface area (Å²) in [4.78, 5) is 0. The molecule has 0 bridgehead atoms. The number of ether oxygens (including phenoxy) is 5. The molecular formula is C23H46N6O11. The lowest BCUT2D eigenvalue weighted by Gasteiger charge is -2.51. The van der Waals surface area contributed by atoms with Gasteiger partial charge in [-0.05, 0) is 19.9 Å². The first-order chi connectivity index (χ1) is 19.0. The van der Waals surface area contributed by atoms with Crippen molar-refractivity contribution in [2.75, 3.05) is 26.7 Å². The molecule has 1 aliphatic carbocycles. The van der Waals surface area contributed by atoms with Crippen molar-refractivity contribution in [3.8, 4) is 0 Å². The van der Waals surface area contributed by atoms with Gasteiger partial charge in [-0.2, -0.15) is 0 Å². The number of fused-ring (bicyclic) bond motifs is 1. The number of hydrogen-bond acceptors (Lipinski definition) is 17. The van der Waals surface area contributed by atoms with Gasteiger partial charge in [-0.1, -0.05) is 0 Å². The van der Waals surface area contributed by atoms with Gasteiger partial charge >= 0.3 is 0 Å². The molecule has 17 atom stereocenters. The maximum atomic E-state index is 11.2. The first-order valence-corrected chi connectivity index (χ1v) is 13.7. The molecule has 0 amide bonds. The zero-order valence-corrected chi connectivity index (χ0v) is 22.4. The number of nitrogens with one attached hydrogen (secondary N) is 2. The van der Waals surface area contributed by atoms with E-state index in [0.717, 1.165) is 0 Å². The fourth-order valence-corrected chi connectivity index (χ4v) is 5.93. The molecule has 3 aliphatic heterocycles. The summed E-state index contributed by atoms with van der Waals surface area (Å²) in [6.07, 6.45) is -13.5. The second kappa shape index (κ2) is 13.7. The molecule has 10 unspecified atom stereocenters. The summed E-state index contributed by atoms with van der Waals surface area (Å²) in [5.41, 5.74) is 23.8. The van der Waals surface area contributed by atoms with Gasteiger partial charge in [-0.15, -0.1) is 0 Å². The van der Waals surface area contributed by atoms with E-state index in [2.05, 4.69) is 10.6 Å². The van der Waals surface area contributed by atoms with Gasteiger partial charge in [0.15, 0.2) is 18.9 Å². The highest BCUT2D eigenvalue weighted by Crippen LogP contribution is 2.35. The van der Waals surface area contributed by atoms with Crippen LogP contribution < -0.4 is 33.6 Å². The van der Waals surface area contributed by atoms with E-state index in [4.69, 9.17) is 46.6 Å². The second-order valence-electron chi connectivity index (χ2n) is 11.0. The van der Waals surface area contributed by atoms with Crippen molar-refractivity contribution in [1.29, 1.82) is 0 Å². The summed E-state index contributed by atoms with van der Waals surface area (Å²) >= 11 is 0. The van der Waals surface area contributed by atoms with Crippen molar-refractivity contribution in [2.24, 2.45) is 22.9 Å².